The van der Waals surface area contributed by atoms with E-state index in [4.69, 9.17) is 5.73 Å². The minimum atomic E-state index is -0.216. The Bertz CT molecular complexity index is 559. The first-order valence-electron chi connectivity index (χ1n) is 6.54. The number of benzene rings is 2. The van der Waals surface area contributed by atoms with Crippen molar-refractivity contribution in [2.45, 2.75) is 29.5 Å². The molecule has 0 saturated heterocycles. The number of hydrogen-bond donors (Lipinski definition) is 1. The molecule has 0 heterocycles. The number of nitrogens with two attached hydrogens (primary N) is 1. The van der Waals surface area contributed by atoms with Crippen molar-refractivity contribution in [2.75, 3.05) is 0 Å². The molecular weight excluding hydrogens is 337 g/mol. The molecule has 106 valence electrons. The average molecular weight is 354 g/mol. The summed E-state index contributed by atoms with van der Waals surface area (Å²) in [5, 5.41) is 0.140. The molecule has 2 unspecified atom stereocenters. The fourth-order valence-corrected chi connectivity index (χ4v) is 3.93. The third-order valence-corrected chi connectivity index (χ3v) is 5.27. The van der Waals surface area contributed by atoms with Crippen LogP contribution in [0.2, 0.25) is 0 Å². The highest BCUT2D eigenvalue weighted by Gasteiger charge is 2.21. The second-order valence-electron chi connectivity index (χ2n) is 4.59. The molecule has 0 fully saturated rings. The average Bonchev–Trinajstić information content (AvgIpc) is 2.47. The SMILES string of the molecule is CCC(N)C(Sc1ccc(F)cc1)c1ccccc1Br. The Morgan fingerprint density at radius 1 is 1.15 bits per heavy atom. The molecule has 0 aliphatic heterocycles. The van der Waals surface area contributed by atoms with Crippen LogP contribution in [0.3, 0.4) is 0 Å². The maximum absolute atomic E-state index is 13.0. The normalized spacial score (nSPS) is 14.0. The molecule has 2 N–H and O–H groups in total. The molecule has 1 nitrogen and oxygen atoms in total. The van der Waals surface area contributed by atoms with Gasteiger partial charge in [0.15, 0.2) is 0 Å². The molecule has 0 saturated carbocycles. The van der Waals surface area contributed by atoms with Gasteiger partial charge in [-0.3, -0.25) is 0 Å². The number of thioether (sulfide) groups is 1. The second kappa shape index (κ2) is 7.25. The zero-order valence-corrected chi connectivity index (χ0v) is 13.6. The van der Waals surface area contributed by atoms with Crippen molar-refractivity contribution in [3.8, 4) is 0 Å². The van der Waals surface area contributed by atoms with Crippen molar-refractivity contribution in [3.05, 3.63) is 64.4 Å². The predicted octanol–water partition coefficient (Wildman–Crippen LogP) is 5.16. The molecule has 0 radical (unpaired) electrons. The lowest BCUT2D eigenvalue weighted by atomic mass is 10.0. The molecule has 2 aromatic carbocycles. The fraction of sp³-hybridized carbons (Fsp3) is 0.250. The van der Waals surface area contributed by atoms with Crippen molar-refractivity contribution in [2.24, 2.45) is 5.73 Å². The van der Waals surface area contributed by atoms with E-state index in [9.17, 15) is 4.39 Å². The minimum absolute atomic E-state index is 0.0451. The van der Waals surface area contributed by atoms with Crippen LogP contribution in [0, 0.1) is 5.82 Å². The van der Waals surface area contributed by atoms with Gasteiger partial charge in [-0.1, -0.05) is 41.1 Å². The summed E-state index contributed by atoms with van der Waals surface area (Å²) in [5.74, 6) is -0.216. The Hall–Kier alpha value is -0.840. The summed E-state index contributed by atoms with van der Waals surface area (Å²) in [6, 6.07) is 14.7. The van der Waals surface area contributed by atoms with Crippen molar-refractivity contribution in [1.82, 2.24) is 0 Å². The van der Waals surface area contributed by atoms with Crippen molar-refractivity contribution in [1.29, 1.82) is 0 Å². The zero-order chi connectivity index (χ0) is 14.5. The third-order valence-electron chi connectivity index (χ3n) is 3.15. The van der Waals surface area contributed by atoms with Gasteiger partial charge in [-0.05, 0) is 42.3 Å². The van der Waals surface area contributed by atoms with Crippen LogP contribution in [-0.4, -0.2) is 6.04 Å². The molecule has 0 aromatic heterocycles. The topological polar surface area (TPSA) is 26.0 Å². The Labute approximate surface area is 131 Å². The molecular formula is C16H17BrFNS. The lowest BCUT2D eigenvalue weighted by molar-refractivity contribution is 0.625. The van der Waals surface area contributed by atoms with E-state index in [0.717, 1.165) is 15.8 Å². The number of rotatable bonds is 5. The molecule has 0 spiro atoms. The Morgan fingerprint density at radius 3 is 2.40 bits per heavy atom. The van der Waals surface area contributed by atoms with Crippen LogP contribution in [0.25, 0.3) is 0 Å². The molecule has 20 heavy (non-hydrogen) atoms. The summed E-state index contributed by atoms with van der Waals surface area (Å²) in [4.78, 5) is 1.02. The summed E-state index contributed by atoms with van der Waals surface area (Å²) in [5.41, 5.74) is 7.46. The van der Waals surface area contributed by atoms with Gasteiger partial charge in [0.1, 0.15) is 5.82 Å². The largest absolute Gasteiger partial charge is 0.326 e. The summed E-state index contributed by atoms with van der Waals surface area (Å²) >= 11 is 5.27. The minimum Gasteiger partial charge on any atom is -0.326 e. The van der Waals surface area contributed by atoms with Crippen LogP contribution in [0.15, 0.2) is 57.9 Å². The van der Waals surface area contributed by atoms with Crippen LogP contribution in [-0.2, 0) is 0 Å². The van der Waals surface area contributed by atoms with E-state index in [-0.39, 0.29) is 17.1 Å². The van der Waals surface area contributed by atoms with Crippen LogP contribution in [0.1, 0.15) is 24.2 Å². The van der Waals surface area contributed by atoms with E-state index in [0.29, 0.717) is 0 Å². The zero-order valence-electron chi connectivity index (χ0n) is 11.2. The van der Waals surface area contributed by atoms with Gasteiger partial charge in [0.2, 0.25) is 0 Å². The molecule has 0 aliphatic rings. The maximum atomic E-state index is 13.0. The lowest BCUT2D eigenvalue weighted by Gasteiger charge is -2.24. The summed E-state index contributed by atoms with van der Waals surface area (Å²) < 4.78 is 14.1. The fourth-order valence-electron chi connectivity index (χ4n) is 1.96. The van der Waals surface area contributed by atoms with Gasteiger partial charge in [-0.2, -0.15) is 0 Å². The Morgan fingerprint density at radius 2 is 1.80 bits per heavy atom. The van der Waals surface area contributed by atoms with Gasteiger partial charge < -0.3 is 5.73 Å². The van der Waals surface area contributed by atoms with Crippen molar-refractivity contribution >= 4 is 27.7 Å². The Kier molecular flexibility index (Phi) is 5.64. The molecule has 0 bridgehead atoms. The van der Waals surface area contributed by atoms with Gasteiger partial charge in [0.25, 0.3) is 0 Å². The first-order valence-corrected chi connectivity index (χ1v) is 8.21. The highest BCUT2D eigenvalue weighted by molar-refractivity contribution is 9.10. The van der Waals surface area contributed by atoms with E-state index >= 15 is 0 Å². The second-order valence-corrected chi connectivity index (χ2v) is 6.66. The molecule has 2 atom stereocenters. The van der Waals surface area contributed by atoms with E-state index in [1.165, 1.54) is 17.7 Å². The van der Waals surface area contributed by atoms with E-state index in [1.807, 2.05) is 18.2 Å². The molecule has 2 rings (SSSR count). The van der Waals surface area contributed by atoms with Gasteiger partial charge in [-0.15, -0.1) is 11.8 Å². The smallest absolute Gasteiger partial charge is 0.123 e. The first kappa shape index (κ1) is 15.5. The van der Waals surface area contributed by atoms with E-state index in [1.54, 1.807) is 23.9 Å². The standard InChI is InChI=1S/C16H17BrFNS/c1-2-15(19)16(13-5-3-4-6-14(13)17)20-12-9-7-11(18)8-10-12/h3-10,15-16H,2,19H2,1H3. The molecule has 0 aliphatic carbocycles. The highest BCUT2D eigenvalue weighted by atomic mass is 79.9. The quantitative estimate of drug-likeness (QED) is 0.751. The van der Waals surface area contributed by atoms with Crippen molar-refractivity contribution < 1.29 is 4.39 Å². The lowest BCUT2D eigenvalue weighted by Crippen LogP contribution is -2.25. The molecule has 2 aromatic rings. The van der Waals surface area contributed by atoms with E-state index < -0.39 is 0 Å². The maximum Gasteiger partial charge on any atom is 0.123 e. The van der Waals surface area contributed by atoms with Gasteiger partial charge in [-0.25, -0.2) is 4.39 Å². The van der Waals surface area contributed by atoms with E-state index in [2.05, 4.69) is 28.9 Å². The highest BCUT2D eigenvalue weighted by Crippen LogP contribution is 2.40. The van der Waals surface area contributed by atoms with Crippen LogP contribution < -0.4 is 5.73 Å². The van der Waals surface area contributed by atoms with Gasteiger partial charge in [0, 0.05) is 15.4 Å². The molecule has 0 amide bonds. The Balaban J connectivity index is 2.29. The van der Waals surface area contributed by atoms with Gasteiger partial charge >= 0.3 is 0 Å². The summed E-state index contributed by atoms with van der Waals surface area (Å²) in [6.45, 7) is 2.08. The predicted molar refractivity (Wildman–Crippen MR) is 87.4 cm³/mol. The summed E-state index contributed by atoms with van der Waals surface area (Å²) in [6.07, 6.45) is 0.889. The van der Waals surface area contributed by atoms with Crippen LogP contribution in [0.5, 0.6) is 0 Å². The third kappa shape index (κ3) is 3.84. The number of halogens is 2. The van der Waals surface area contributed by atoms with Crippen molar-refractivity contribution in [3.63, 3.8) is 0 Å². The first-order chi connectivity index (χ1) is 9.61. The monoisotopic (exact) mass is 353 g/mol. The number of hydrogen-bond acceptors (Lipinski definition) is 2. The summed E-state index contributed by atoms with van der Waals surface area (Å²) in [7, 11) is 0. The van der Waals surface area contributed by atoms with Crippen LogP contribution in [0.4, 0.5) is 4.39 Å². The molecule has 4 heteroatoms. The van der Waals surface area contributed by atoms with Crippen LogP contribution >= 0.6 is 27.7 Å². The van der Waals surface area contributed by atoms with Gasteiger partial charge in [0.05, 0.1) is 5.25 Å².